The average Bonchev–Trinajstić information content (AvgIpc) is 2.20. The van der Waals surface area contributed by atoms with E-state index in [0.29, 0.717) is 26.9 Å². The summed E-state index contributed by atoms with van der Waals surface area (Å²) in [5, 5.41) is 1.59. The summed E-state index contributed by atoms with van der Waals surface area (Å²) in [6, 6.07) is 10.2. The SMILES string of the molecule is CCOC(=O)C[Se]Cc1ccccc1. The molecule has 0 heterocycles. The Morgan fingerprint density at radius 1 is 1.36 bits per heavy atom. The van der Waals surface area contributed by atoms with Crippen molar-refractivity contribution < 1.29 is 9.53 Å². The normalized spacial score (nSPS) is 9.79. The number of carbonyl (C=O) groups excluding carboxylic acids is 1. The molecule has 1 rings (SSSR count). The van der Waals surface area contributed by atoms with Crippen LogP contribution in [0.15, 0.2) is 30.3 Å². The van der Waals surface area contributed by atoms with Gasteiger partial charge in [-0.25, -0.2) is 0 Å². The van der Waals surface area contributed by atoms with Crippen molar-refractivity contribution in [3.05, 3.63) is 35.9 Å². The van der Waals surface area contributed by atoms with Gasteiger partial charge < -0.3 is 0 Å². The Balaban J connectivity index is 2.19. The van der Waals surface area contributed by atoms with Gasteiger partial charge >= 0.3 is 90.5 Å². The molecule has 0 aliphatic heterocycles. The molecule has 1 aromatic carbocycles. The molecule has 1 aromatic rings. The van der Waals surface area contributed by atoms with Gasteiger partial charge in [-0.2, -0.15) is 0 Å². The van der Waals surface area contributed by atoms with Crippen molar-refractivity contribution in [1.29, 1.82) is 0 Å². The van der Waals surface area contributed by atoms with Crippen molar-refractivity contribution in [1.82, 2.24) is 0 Å². The standard InChI is InChI=1S/C11H14O2Se/c1-2-13-11(12)9-14-8-10-6-4-3-5-7-10/h3-7H,2,8-9H2,1H3. The van der Waals surface area contributed by atoms with E-state index in [1.807, 2.05) is 25.1 Å². The Kier molecular flexibility index (Phi) is 5.35. The topological polar surface area (TPSA) is 26.3 Å². The number of hydrogen-bond acceptors (Lipinski definition) is 2. The molecule has 76 valence electrons. The molecule has 2 nitrogen and oxygen atoms in total. The van der Waals surface area contributed by atoms with Crippen LogP contribution in [-0.2, 0) is 14.9 Å². The van der Waals surface area contributed by atoms with Crippen molar-refractivity contribution in [3.63, 3.8) is 0 Å². The zero-order valence-corrected chi connectivity index (χ0v) is 9.95. The number of benzene rings is 1. The first-order valence-electron chi connectivity index (χ1n) is 4.60. The fourth-order valence-electron chi connectivity index (χ4n) is 1.03. The Morgan fingerprint density at radius 3 is 2.71 bits per heavy atom. The zero-order valence-electron chi connectivity index (χ0n) is 8.23. The van der Waals surface area contributed by atoms with E-state index in [2.05, 4.69) is 12.1 Å². The quantitative estimate of drug-likeness (QED) is 0.594. The van der Waals surface area contributed by atoms with Crippen LogP contribution >= 0.6 is 0 Å². The van der Waals surface area contributed by atoms with E-state index in [1.165, 1.54) is 5.56 Å². The molecular formula is C11H14O2Se. The number of esters is 1. The summed E-state index contributed by atoms with van der Waals surface area (Å²) in [5.41, 5.74) is 1.30. The molecule has 14 heavy (non-hydrogen) atoms. The van der Waals surface area contributed by atoms with Crippen molar-refractivity contribution in [2.24, 2.45) is 0 Å². The third-order valence-electron chi connectivity index (χ3n) is 1.64. The first-order chi connectivity index (χ1) is 6.83. The predicted octanol–water partition coefficient (Wildman–Crippen LogP) is 1.87. The van der Waals surface area contributed by atoms with Crippen LogP contribution < -0.4 is 0 Å². The number of hydrogen-bond donors (Lipinski definition) is 0. The van der Waals surface area contributed by atoms with E-state index in [0.717, 1.165) is 5.32 Å². The van der Waals surface area contributed by atoms with Gasteiger partial charge in [0.05, 0.1) is 0 Å². The van der Waals surface area contributed by atoms with Gasteiger partial charge in [-0.05, 0) is 0 Å². The Labute approximate surface area is 90.8 Å². The molecule has 0 radical (unpaired) electrons. The van der Waals surface area contributed by atoms with Gasteiger partial charge in [-0.1, -0.05) is 0 Å². The molecule has 0 aromatic heterocycles. The van der Waals surface area contributed by atoms with Crippen molar-refractivity contribution >= 4 is 20.9 Å². The molecule has 0 unspecified atom stereocenters. The summed E-state index contributed by atoms with van der Waals surface area (Å²) in [6.45, 7) is 2.32. The number of rotatable bonds is 5. The third-order valence-corrected chi connectivity index (χ3v) is 3.69. The van der Waals surface area contributed by atoms with Crippen molar-refractivity contribution in [3.8, 4) is 0 Å². The van der Waals surface area contributed by atoms with Crippen LogP contribution in [0.1, 0.15) is 12.5 Å². The van der Waals surface area contributed by atoms with Crippen LogP contribution in [0.3, 0.4) is 0 Å². The first kappa shape index (κ1) is 11.3. The monoisotopic (exact) mass is 258 g/mol. The molecule has 0 spiro atoms. The summed E-state index contributed by atoms with van der Waals surface area (Å²) in [5.74, 6) is -0.0663. The van der Waals surface area contributed by atoms with E-state index >= 15 is 0 Å². The Hall–Kier alpha value is -0.791. The molecule has 0 fully saturated rings. The molecule has 0 aliphatic carbocycles. The predicted molar refractivity (Wildman–Crippen MR) is 57.3 cm³/mol. The van der Waals surface area contributed by atoms with Crippen molar-refractivity contribution in [2.45, 2.75) is 17.6 Å². The maximum atomic E-state index is 11.0. The summed E-state index contributed by atoms with van der Waals surface area (Å²) in [6.07, 6.45) is 0. The van der Waals surface area contributed by atoms with Gasteiger partial charge in [0, 0.05) is 0 Å². The van der Waals surface area contributed by atoms with E-state index in [-0.39, 0.29) is 5.97 Å². The van der Waals surface area contributed by atoms with Gasteiger partial charge in [-0.15, -0.1) is 0 Å². The van der Waals surface area contributed by atoms with Crippen molar-refractivity contribution in [2.75, 3.05) is 6.61 Å². The van der Waals surface area contributed by atoms with Crippen LogP contribution in [0.4, 0.5) is 0 Å². The molecule has 0 atom stereocenters. The molecule has 0 saturated heterocycles. The van der Waals surface area contributed by atoms with E-state index in [9.17, 15) is 4.79 Å². The molecular weight excluding hydrogens is 243 g/mol. The second-order valence-corrected chi connectivity index (χ2v) is 4.85. The van der Waals surface area contributed by atoms with Crippen LogP contribution in [0.5, 0.6) is 0 Å². The third kappa shape index (κ3) is 4.45. The Morgan fingerprint density at radius 2 is 2.07 bits per heavy atom. The molecule has 0 bridgehead atoms. The van der Waals surface area contributed by atoms with Crippen LogP contribution in [0.25, 0.3) is 0 Å². The van der Waals surface area contributed by atoms with Gasteiger partial charge in [0.2, 0.25) is 0 Å². The molecule has 0 amide bonds. The van der Waals surface area contributed by atoms with Gasteiger partial charge in [0.25, 0.3) is 0 Å². The zero-order chi connectivity index (χ0) is 10.2. The number of carbonyl (C=O) groups is 1. The number of ether oxygens (including phenoxy) is 1. The van der Waals surface area contributed by atoms with Gasteiger partial charge in [-0.3, -0.25) is 0 Å². The van der Waals surface area contributed by atoms with E-state index < -0.39 is 0 Å². The fourth-order valence-corrected chi connectivity index (χ4v) is 2.67. The summed E-state index contributed by atoms with van der Waals surface area (Å²) < 4.78 is 4.86. The minimum atomic E-state index is -0.0663. The summed E-state index contributed by atoms with van der Waals surface area (Å²) in [7, 11) is 0. The Bertz CT molecular complexity index is 272. The summed E-state index contributed by atoms with van der Waals surface area (Å²) >= 11 is 0.327. The van der Waals surface area contributed by atoms with E-state index in [4.69, 9.17) is 4.74 Å². The molecule has 0 aliphatic rings. The maximum absolute atomic E-state index is 11.0. The van der Waals surface area contributed by atoms with Crippen LogP contribution in [-0.4, -0.2) is 27.5 Å². The second-order valence-electron chi connectivity index (χ2n) is 2.78. The molecule has 0 saturated carbocycles. The second kappa shape index (κ2) is 6.63. The first-order valence-corrected chi connectivity index (χ1v) is 7.02. The molecule has 3 heteroatoms. The minimum absolute atomic E-state index is 0.0663. The van der Waals surface area contributed by atoms with E-state index in [1.54, 1.807) is 0 Å². The van der Waals surface area contributed by atoms with Crippen LogP contribution in [0.2, 0.25) is 5.32 Å². The fraction of sp³-hybridized carbons (Fsp3) is 0.364. The van der Waals surface area contributed by atoms with Gasteiger partial charge in [0.15, 0.2) is 0 Å². The molecule has 0 N–H and O–H groups in total. The van der Waals surface area contributed by atoms with Gasteiger partial charge in [0.1, 0.15) is 0 Å². The summed E-state index contributed by atoms with van der Waals surface area (Å²) in [4.78, 5) is 11.0. The van der Waals surface area contributed by atoms with Crippen LogP contribution in [0, 0.1) is 0 Å². The average molecular weight is 257 g/mol.